The lowest BCUT2D eigenvalue weighted by atomic mass is 10.1. The zero-order valence-electron chi connectivity index (χ0n) is 11.3. The normalized spacial score (nSPS) is 18.2. The van der Waals surface area contributed by atoms with Crippen LogP contribution >= 0.6 is 11.6 Å². The first-order valence-electron chi connectivity index (χ1n) is 6.88. The van der Waals surface area contributed by atoms with Gasteiger partial charge in [-0.3, -0.25) is 0 Å². The van der Waals surface area contributed by atoms with Gasteiger partial charge in [0.1, 0.15) is 18.2 Å². The predicted octanol–water partition coefficient (Wildman–Crippen LogP) is 3.75. The van der Waals surface area contributed by atoms with Gasteiger partial charge in [0, 0.05) is 18.9 Å². The molecule has 1 heterocycles. The molecular formula is C16H18ClFO2. The van der Waals surface area contributed by atoms with Crippen LogP contribution in [0, 0.1) is 17.7 Å². The van der Waals surface area contributed by atoms with Crippen LogP contribution in [0.1, 0.15) is 31.2 Å². The van der Waals surface area contributed by atoms with Crippen LogP contribution in [0.5, 0.6) is 5.75 Å². The maximum atomic E-state index is 13.3. The highest BCUT2D eigenvalue weighted by Crippen LogP contribution is 2.21. The lowest BCUT2D eigenvalue weighted by Crippen LogP contribution is -2.25. The Morgan fingerprint density at radius 2 is 2.30 bits per heavy atom. The van der Waals surface area contributed by atoms with Crippen LogP contribution in [0.25, 0.3) is 0 Å². The molecule has 108 valence electrons. The minimum atomic E-state index is -0.318. The molecule has 1 aromatic rings. The van der Waals surface area contributed by atoms with Crippen molar-refractivity contribution in [1.82, 2.24) is 0 Å². The summed E-state index contributed by atoms with van der Waals surface area (Å²) in [6.07, 6.45) is 3.98. The molecule has 0 spiro atoms. The molecule has 4 heteroatoms. The maximum Gasteiger partial charge on any atom is 0.135 e. The van der Waals surface area contributed by atoms with Gasteiger partial charge in [-0.25, -0.2) is 4.39 Å². The Labute approximate surface area is 124 Å². The third-order valence-electron chi connectivity index (χ3n) is 3.08. The van der Waals surface area contributed by atoms with E-state index < -0.39 is 0 Å². The number of ether oxygens (including phenoxy) is 2. The number of hydrogen-bond acceptors (Lipinski definition) is 2. The molecule has 0 aromatic heterocycles. The molecule has 0 saturated carbocycles. The smallest absolute Gasteiger partial charge is 0.135 e. The van der Waals surface area contributed by atoms with Crippen molar-refractivity contribution in [1.29, 1.82) is 0 Å². The van der Waals surface area contributed by atoms with Crippen LogP contribution in [0.4, 0.5) is 4.39 Å². The summed E-state index contributed by atoms with van der Waals surface area (Å²) >= 11 is 5.58. The first-order valence-corrected chi connectivity index (χ1v) is 7.42. The van der Waals surface area contributed by atoms with Gasteiger partial charge in [-0.05, 0) is 37.5 Å². The predicted molar refractivity (Wildman–Crippen MR) is 77.7 cm³/mol. The quantitative estimate of drug-likeness (QED) is 0.622. The van der Waals surface area contributed by atoms with E-state index in [9.17, 15) is 4.39 Å². The summed E-state index contributed by atoms with van der Waals surface area (Å²) in [5, 5.41) is 0. The van der Waals surface area contributed by atoms with Crippen molar-refractivity contribution in [3.8, 4) is 17.6 Å². The number of halogens is 2. The zero-order valence-corrected chi connectivity index (χ0v) is 12.1. The molecule has 0 amide bonds. The Morgan fingerprint density at radius 1 is 1.40 bits per heavy atom. The number of alkyl halides is 1. The van der Waals surface area contributed by atoms with Gasteiger partial charge in [0.25, 0.3) is 0 Å². The van der Waals surface area contributed by atoms with Crippen LogP contribution < -0.4 is 4.74 Å². The average Bonchev–Trinajstić information content (AvgIpc) is 2.48. The molecule has 0 radical (unpaired) electrons. The molecule has 2 nitrogen and oxygen atoms in total. The SMILES string of the molecule is Fc1ccc(OCC2CCCCO2)c(C#CCCCl)c1. The van der Waals surface area contributed by atoms with Crippen molar-refractivity contribution >= 4 is 11.6 Å². The summed E-state index contributed by atoms with van der Waals surface area (Å²) in [7, 11) is 0. The Kier molecular flexibility index (Phi) is 6.17. The van der Waals surface area contributed by atoms with Crippen molar-refractivity contribution in [3.05, 3.63) is 29.6 Å². The van der Waals surface area contributed by atoms with Gasteiger partial charge in [-0.15, -0.1) is 11.6 Å². The second kappa shape index (κ2) is 8.14. The number of hydrogen-bond donors (Lipinski definition) is 0. The van der Waals surface area contributed by atoms with Gasteiger partial charge in [0.2, 0.25) is 0 Å². The van der Waals surface area contributed by atoms with Crippen LogP contribution in [-0.2, 0) is 4.74 Å². The van der Waals surface area contributed by atoms with E-state index in [4.69, 9.17) is 21.1 Å². The Hall–Kier alpha value is -1.24. The highest BCUT2D eigenvalue weighted by Gasteiger charge is 2.15. The monoisotopic (exact) mass is 296 g/mol. The topological polar surface area (TPSA) is 18.5 Å². The Morgan fingerprint density at radius 3 is 3.05 bits per heavy atom. The van der Waals surface area contributed by atoms with E-state index in [-0.39, 0.29) is 11.9 Å². The zero-order chi connectivity index (χ0) is 14.2. The largest absolute Gasteiger partial charge is 0.490 e. The lowest BCUT2D eigenvalue weighted by molar-refractivity contribution is -0.0111. The first kappa shape index (κ1) is 15.2. The molecule has 1 aliphatic heterocycles. The molecule has 1 fully saturated rings. The van der Waals surface area contributed by atoms with E-state index in [1.54, 1.807) is 6.07 Å². The van der Waals surface area contributed by atoms with E-state index in [1.807, 2.05) is 0 Å². The number of rotatable bonds is 4. The molecule has 1 aromatic carbocycles. The van der Waals surface area contributed by atoms with Crippen molar-refractivity contribution in [2.75, 3.05) is 19.1 Å². The number of benzene rings is 1. The Bertz CT molecular complexity index is 487. The average molecular weight is 297 g/mol. The summed E-state index contributed by atoms with van der Waals surface area (Å²) in [5.74, 6) is 6.55. The lowest BCUT2D eigenvalue weighted by Gasteiger charge is -2.22. The van der Waals surface area contributed by atoms with Gasteiger partial charge in [0.05, 0.1) is 11.7 Å². The van der Waals surface area contributed by atoms with Crippen molar-refractivity contribution < 1.29 is 13.9 Å². The van der Waals surface area contributed by atoms with Gasteiger partial charge in [0.15, 0.2) is 0 Å². The molecule has 0 bridgehead atoms. The molecular weight excluding hydrogens is 279 g/mol. The fraction of sp³-hybridized carbons (Fsp3) is 0.500. The van der Waals surface area contributed by atoms with Crippen LogP contribution in [0.15, 0.2) is 18.2 Å². The van der Waals surface area contributed by atoms with E-state index in [1.165, 1.54) is 18.6 Å². The molecule has 0 N–H and O–H groups in total. The second-order valence-electron chi connectivity index (χ2n) is 4.68. The van der Waals surface area contributed by atoms with Crippen LogP contribution in [-0.4, -0.2) is 25.2 Å². The Balaban J connectivity index is 2.00. The second-order valence-corrected chi connectivity index (χ2v) is 5.06. The summed E-state index contributed by atoms with van der Waals surface area (Å²) in [6, 6.07) is 4.38. The fourth-order valence-electron chi connectivity index (χ4n) is 2.05. The standard InChI is InChI=1S/C16H18ClFO2/c17-9-3-1-5-13-11-14(18)7-8-16(13)20-12-15-6-2-4-10-19-15/h7-8,11,15H,2-4,6,9-10,12H2. The first-order chi connectivity index (χ1) is 9.79. The van der Waals surface area contributed by atoms with E-state index in [0.29, 0.717) is 30.2 Å². The highest BCUT2D eigenvalue weighted by atomic mass is 35.5. The molecule has 20 heavy (non-hydrogen) atoms. The molecule has 1 unspecified atom stereocenters. The summed E-state index contributed by atoms with van der Waals surface area (Å²) in [6.45, 7) is 1.27. The molecule has 0 aliphatic carbocycles. The van der Waals surface area contributed by atoms with E-state index in [0.717, 1.165) is 19.4 Å². The summed E-state index contributed by atoms with van der Waals surface area (Å²) < 4.78 is 24.6. The van der Waals surface area contributed by atoms with E-state index >= 15 is 0 Å². The van der Waals surface area contributed by atoms with Gasteiger partial charge in [-0.1, -0.05) is 11.8 Å². The minimum absolute atomic E-state index is 0.123. The summed E-state index contributed by atoms with van der Waals surface area (Å²) in [4.78, 5) is 0. The third kappa shape index (κ3) is 4.70. The van der Waals surface area contributed by atoms with Gasteiger partial charge >= 0.3 is 0 Å². The van der Waals surface area contributed by atoms with Crippen LogP contribution in [0.2, 0.25) is 0 Å². The molecule has 1 aliphatic rings. The molecule has 1 saturated heterocycles. The molecule has 1 atom stereocenters. The van der Waals surface area contributed by atoms with Crippen molar-refractivity contribution in [3.63, 3.8) is 0 Å². The minimum Gasteiger partial charge on any atom is -0.490 e. The van der Waals surface area contributed by atoms with Gasteiger partial charge < -0.3 is 9.47 Å². The maximum absolute atomic E-state index is 13.3. The van der Waals surface area contributed by atoms with Crippen LogP contribution in [0.3, 0.4) is 0 Å². The molecule has 2 rings (SSSR count). The highest BCUT2D eigenvalue weighted by molar-refractivity contribution is 6.18. The third-order valence-corrected chi connectivity index (χ3v) is 3.27. The van der Waals surface area contributed by atoms with Crippen molar-refractivity contribution in [2.24, 2.45) is 0 Å². The fourth-order valence-corrected chi connectivity index (χ4v) is 2.15. The summed E-state index contributed by atoms with van der Waals surface area (Å²) in [5.41, 5.74) is 0.561. The van der Waals surface area contributed by atoms with E-state index in [2.05, 4.69) is 11.8 Å². The van der Waals surface area contributed by atoms with Crippen molar-refractivity contribution in [2.45, 2.75) is 31.8 Å². The van der Waals surface area contributed by atoms with Gasteiger partial charge in [-0.2, -0.15) is 0 Å².